The third kappa shape index (κ3) is 1.93. The number of hydrogen-bond donors (Lipinski definition) is 2. The van der Waals surface area contributed by atoms with Crippen molar-refractivity contribution in [2.24, 2.45) is 5.73 Å². The molecular formula is C7H6F3N3O. The van der Waals surface area contributed by atoms with E-state index in [0.717, 1.165) is 6.20 Å². The highest BCUT2D eigenvalue weighted by molar-refractivity contribution is 5.97. The molecule has 0 radical (unpaired) electrons. The Balaban J connectivity index is 3.27. The van der Waals surface area contributed by atoms with E-state index in [1.807, 2.05) is 0 Å². The topological polar surface area (TPSA) is 82.0 Å². The fourth-order valence-electron chi connectivity index (χ4n) is 0.834. The molecule has 1 rings (SSSR count). The van der Waals surface area contributed by atoms with Crippen molar-refractivity contribution in [3.63, 3.8) is 0 Å². The summed E-state index contributed by atoms with van der Waals surface area (Å²) in [5.74, 6) is -1.02. The molecule has 0 aliphatic carbocycles. The Bertz CT molecular complexity index is 375. The first kappa shape index (κ1) is 10.3. The van der Waals surface area contributed by atoms with Crippen LogP contribution in [0, 0.1) is 0 Å². The van der Waals surface area contributed by atoms with E-state index < -0.39 is 17.8 Å². The summed E-state index contributed by atoms with van der Waals surface area (Å²) in [5, 5.41) is 0. The summed E-state index contributed by atoms with van der Waals surface area (Å²) < 4.78 is 36.3. The number of carbonyl (C=O) groups is 1. The zero-order chi connectivity index (χ0) is 10.9. The molecule has 14 heavy (non-hydrogen) atoms. The van der Waals surface area contributed by atoms with Gasteiger partial charge in [-0.05, 0) is 6.07 Å². The van der Waals surface area contributed by atoms with Crippen LogP contribution in [0.1, 0.15) is 16.1 Å². The quantitative estimate of drug-likeness (QED) is 0.710. The average molecular weight is 205 g/mol. The lowest BCUT2D eigenvalue weighted by Crippen LogP contribution is -2.17. The van der Waals surface area contributed by atoms with Gasteiger partial charge in [-0.3, -0.25) is 4.79 Å². The van der Waals surface area contributed by atoms with Crippen molar-refractivity contribution in [3.8, 4) is 0 Å². The van der Waals surface area contributed by atoms with Gasteiger partial charge in [0.15, 0.2) is 0 Å². The van der Waals surface area contributed by atoms with Crippen LogP contribution in [-0.2, 0) is 6.18 Å². The van der Waals surface area contributed by atoms with E-state index in [4.69, 9.17) is 11.5 Å². The van der Waals surface area contributed by atoms with Gasteiger partial charge in [0.1, 0.15) is 5.69 Å². The minimum atomic E-state index is -4.61. The summed E-state index contributed by atoms with van der Waals surface area (Å²) in [6.07, 6.45) is -3.86. The minimum Gasteiger partial charge on any atom is -0.397 e. The van der Waals surface area contributed by atoms with Gasteiger partial charge < -0.3 is 11.5 Å². The van der Waals surface area contributed by atoms with Gasteiger partial charge in [0.25, 0.3) is 5.91 Å². The highest BCUT2D eigenvalue weighted by Gasteiger charge is 2.33. The van der Waals surface area contributed by atoms with Crippen LogP contribution in [-0.4, -0.2) is 10.9 Å². The van der Waals surface area contributed by atoms with Gasteiger partial charge in [0, 0.05) is 0 Å². The van der Waals surface area contributed by atoms with Crippen LogP contribution >= 0.6 is 0 Å². The number of primary amides is 1. The second-order valence-electron chi connectivity index (χ2n) is 2.52. The highest BCUT2D eigenvalue weighted by Crippen LogP contribution is 2.28. The normalized spacial score (nSPS) is 11.4. The second kappa shape index (κ2) is 3.17. The highest BCUT2D eigenvalue weighted by atomic mass is 19.4. The molecule has 1 amide bonds. The number of alkyl halides is 3. The molecule has 0 spiro atoms. The third-order valence-electron chi connectivity index (χ3n) is 1.49. The van der Waals surface area contributed by atoms with Gasteiger partial charge in [-0.2, -0.15) is 13.2 Å². The van der Waals surface area contributed by atoms with Crippen molar-refractivity contribution >= 4 is 11.6 Å². The number of halogens is 3. The number of rotatable bonds is 1. The molecular weight excluding hydrogens is 199 g/mol. The van der Waals surface area contributed by atoms with Crippen LogP contribution in [0.4, 0.5) is 18.9 Å². The molecule has 0 saturated heterocycles. The SMILES string of the molecule is NC(=O)c1cc(C(F)(F)F)ncc1N. The summed E-state index contributed by atoms with van der Waals surface area (Å²) in [6, 6.07) is 0.525. The Morgan fingerprint density at radius 3 is 2.43 bits per heavy atom. The van der Waals surface area contributed by atoms with E-state index in [0.29, 0.717) is 6.07 Å². The molecule has 1 aromatic heterocycles. The summed E-state index contributed by atoms with van der Waals surface area (Å²) in [4.78, 5) is 13.7. The van der Waals surface area contributed by atoms with Gasteiger partial charge in [0.2, 0.25) is 0 Å². The van der Waals surface area contributed by atoms with E-state index in [1.54, 1.807) is 0 Å². The number of aromatic nitrogens is 1. The number of nitrogens with zero attached hydrogens (tertiary/aromatic N) is 1. The standard InChI is InChI=1S/C7H6F3N3O/c8-7(9,10)5-1-3(6(12)14)4(11)2-13-5/h1-2H,11H2,(H2,12,14). The fraction of sp³-hybridized carbons (Fsp3) is 0.143. The number of carbonyl (C=O) groups excluding carboxylic acids is 1. The fourth-order valence-corrected chi connectivity index (χ4v) is 0.834. The molecule has 0 fully saturated rings. The summed E-state index contributed by atoms with van der Waals surface area (Å²) in [5.41, 5.74) is 8.26. The second-order valence-corrected chi connectivity index (χ2v) is 2.52. The van der Waals surface area contributed by atoms with Crippen molar-refractivity contribution in [1.82, 2.24) is 4.98 Å². The first-order chi connectivity index (χ1) is 6.32. The van der Waals surface area contributed by atoms with Crippen molar-refractivity contribution in [2.45, 2.75) is 6.18 Å². The third-order valence-corrected chi connectivity index (χ3v) is 1.49. The number of amides is 1. The monoisotopic (exact) mass is 205 g/mol. The Kier molecular flexibility index (Phi) is 2.33. The number of anilines is 1. The molecule has 0 aromatic carbocycles. The zero-order valence-electron chi connectivity index (χ0n) is 6.80. The molecule has 1 aromatic rings. The number of hydrogen-bond acceptors (Lipinski definition) is 3. The van der Waals surface area contributed by atoms with Crippen LogP contribution in [0.2, 0.25) is 0 Å². The molecule has 76 valence electrons. The van der Waals surface area contributed by atoms with Gasteiger partial charge in [0.05, 0.1) is 17.4 Å². The van der Waals surface area contributed by atoms with Crippen molar-refractivity contribution in [1.29, 1.82) is 0 Å². The van der Waals surface area contributed by atoms with Crippen LogP contribution in [0.5, 0.6) is 0 Å². The maximum absolute atomic E-state index is 12.1. The first-order valence-electron chi connectivity index (χ1n) is 3.45. The van der Waals surface area contributed by atoms with E-state index in [1.165, 1.54) is 0 Å². The molecule has 0 bridgehead atoms. The lowest BCUT2D eigenvalue weighted by atomic mass is 10.2. The smallest absolute Gasteiger partial charge is 0.397 e. The summed E-state index contributed by atoms with van der Waals surface area (Å²) >= 11 is 0. The number of nitrogen functional groups attached to an aromatic ring is 1. The van der Waals surface area contributed by atoms with Crippen molar-refractivity contribution < 1.29 is 18.0 Å². The maximum Gasteiger partial charge on any atom is 0.433 e. The molecule has 0 atom stereocenters. The van der Waals surface area contributed by atoms with Crippen LogP contribution in [0.25, 0.3) is 0 Å². The zero-order valence-corrected chi connectivity index (χ0v) is 6.80. The molecule has 0 unspecified atom stereocenters. The molecule has 0 saturated carbocycles. The van der Waals surface area contributed by atoms with Crippen molar-refractivity contribution in [3.05, 3.63) is 23.5 Å². The molecule has 4 N–H and O–H groups in total. The lowest BCUT2D eigenvalue weighted by molar-refractivity contribution is -0.141. The van der Waals surface area contributed by atoms with Gasteiger partial charge >= 0.3 is 6.18 Å². The van der Waals surface area contributed by atoms with Crippen LogP contribution in [0.15, 0.2) is 12.3 Å². The van der Waals surface area contributed by atoms with Crippen LogP contribution < -0.4 is 11.5 Å². The molecule has 1 heterocycles. The number of nitrogens with two attached hydrogens (primary N) is 2. The predicted octanol–water partition coefficient (Wildman–Crippen LogP) is 0.782. The number of pyridine rings is 1. The Morgan fingerprint density at radius 2 is 2.00 bits per heavy atom. The van der Waals surface area contributed by atoms with E-state index >= 15 is 0 Å². The average Bonchev–Trinajstić information content (AvgIpc) is 2.02. The molecule has 0 aliphatic heterocycles. The predicted molar refractivity (Wildman–Crippen MR) is 42.2 cm³/mol. The Labute approximate surface area is 76.7 Å². The van der Waals surface area contributed by atoms with Gasteiger partial charge in [-0.1, -0.05) is 0 Å². The lowest BCUT2D eigenvalue weighted by Gasteiger charge is -2.07. The maximum atomic E-state index is 12.1. The van der Waals surface area contributed by atoms with Crippen LogP contribution in [0.3, 0.4) is 0 Å². The first-order valence-corrected chi connectivity index (χ1v) is 3.45. The van der Waals surface area contributed by atoms with Gasteiger partial charge in [-0.25, -0.2) is 4.98 Å². The van der Waals surface area contributed by atoms with E-state index in [9.17, 15) is 18.0 Å². The summed E-state index contributed by atoms with van der Waals surface area (Å²) in [7, 11) is 0. The molecule has 0 aliphatic rings. The minimum absolute atomic E-state index is 0.175. The summed E-state index contributed by atoms with van der Waals surface area (Å²) in [6.45, 7) is 0. The van der Waals surface area contributed by atoms with E-state index in [2.05, 4.69) is 4.98 Å². The molecule has 7 heteroatoms. The largest absolute Gasteiger partial charge is 0.433 e. The Hall–Kier alpha value is -1.79. The Morgan fingerprint density at radius 1 is 1.43 bits per heavy atom. The van der Waals surface area contributed by atoms with Gasteiger partial charge in [-0.15, -0.1) is 0 Å². The van der Waals surface area contributed by atoms with Crippen molar-refractivity contribution in [2.75, 3.05) is 5.73 Å². The molecule has 4 nitrogen and oxygen atoms in total. The van der Waals surface area contributed by atoms with E-state index in [-0.39, 0.29) is 11.3 Å².